The maximum atomic E-state index is 12.0. The summed E-state index contributed by atoms with van der Waals surface area (Å²) in [7, 11) is 0. The molecule has 8 heteroatoms. The van der Waals surface area contributed by atoms with E-state index in [1.165, 1.54) is 6.42 Å². The van der Waals surface area contributed by atoms with Crippen molar-refractivity contribution >= 4 is 41.2 Å². The third-order valence-electron chi connectivity index (χ3n) is 5.32. The van der Waals surface area contributed by atoms with Crippen molar-refractivity contribution in [1.82, 2.24) is 15.3 Å². The van der Waals surface area contributed by atoms with Gasteiger partial charge in [-0.15, -0.1) is 0 Å². The molecule has 30 heavy (non-hydrogen) atoms. The summed E-state index contributed by atoms with van der Waals surface area (Å²) in [6, 6.07) is 7.60. The zero-order chi connectivity index (χ0) is 21.7. The van der Waals surface area contributed by atoms with Gasteiger partial charge in [0, 0.05) is 28.7 Å². The molecule has 1 aromatic carbocycles. The van der Waals surface area contributed by atoms with E-state index in [1.807, 2.05) is 30.5 Å². The summed E-state index contributed by atoms with van der Waals surface area (Å²) in [5, 5.41) is 7.93. The van der Waals surface area contributed by atoms with Gasteiger partial charge >= 0.3 is 0 Å². The second kappa shape index (κ2) is 10.1. The van der Waals surface area contributed by atoms with E-state index in [0.29, 0.717) is 10.0 Å². The first-order chi connectivity index (χ1) is 14.3. The normalized spacial score (nSPS) is 14.8. The van der Waals surface area contributed by atoms with E-state index < -0.39 is 5.91 Å². The topological polar surface area (TPSA) is 75.5 Å². The van der Waals surface area contributed by atoms with Crippen molar-refractivity contribution in [3.8, 4) is 5.69 Å². The van der Waals surface area contributed by atoms with Gasteiger partial charge in [0.05, 0.1) is 16.3 Å². The summed E-state index contributed by atoms with van der Waals surface area (Å²) in [6.45, 7) is 3.93. The van der Waals surface area contributed by atoms with Gasteiger partial charge < -0.3 is 9.88 Å². The fraction of sp³-hybridized carbons (Fsp3) is 0.409. The predicted octanol–water partition coefficient (Wildman–Crippen LogP) is 4.69. The van der Waals surface area contributed by atoms with Crippen LogP contribution in [0.2, 0.25) is 10.0 Å². The van der Waals surface area contributed by atoms with Gasteiger partial charge in [0.2, 0.25) is 11.8 Å². The number of hydrazone groups is 1. The van der Waals surface area contributed by atoms with Gasteiger partial charge in [-0.05, 0) is 51.0 Å². The molecule has 6 nitrogen and oxygen atoms in total. The molecule has 1 aromatic heterocycles. The summed E-state index contributed by atoms with van der Waals surface area (Å²) in [6.07, 6.45) is 6.79. The molecule has 2 aromatic rings. The number of aromatic nitrogens is 1. The Bertz CT molecular complexity index is 962. The Balaban J connectivity index is 1.59. The minimum Gasteiger partial charge on any atom is -0.353 e. The summed E-state index contributed by atoms with van der Waals surface area (Å²) in [4.78, 5) is 24.0. The lowest BCUT2D eigenvalue weighted by atomic mass is 9.95. The molecule has 0 spiro atoms. The molecule has 3 rings (SSSR count). The molecule has 0 bridgehead atoms. The average Bonchev–Trinajstić information content (AvgIpc) is 2.98. The van der Waals surface area contributed by atoms with Crippen LogP contribution in [0.1, 0.15) is 55.5 Å². The van der Waals surface area contributed by atoms with Crippen LogP contribution in [0.15, 0.2) is 29.4 Å². The van der Waals surface area contributed by atoms with Crippen molar-refractivity contribution in [2.24, 2.45) is 5.10 Å². The fourth-order valence-electron chi connectivity index (χ4n) is 3.82. The number of hydrogen-bond acceptors (Lipinski definition) is 3. The van der Waals surface area contributed by atoms with E-state index in [4.69, 9.17) is 23.2 Å². The van der Waals surface area contributed by atoms with Crippen molar-refractivity contribution in [3.05, 3.63) is 51.3 Å². The minimum absolute atomic E-state index is 0.189. The largest absolute Gasteiger partial charge is 0.353 e. The molecule has 1 saturated carbocycles. The number of nitrogens with zero attached hydrogens (tertiary/aromatic N) is 2. The van der Waals surface area contributed by atoms with Crippen LogP contribution < -0.4 is 10.7 Å². The Labute approximate surface area is 186 Å². The molecule has 0 saturated heterocycles. The molecule has 0 radical (unpaired) electrons. The maximum Gasteiger partial charge on any atom is 0.249 e. The van der Waals surface area contributed by atoms with Crippen LogP contribution in [-0.2, 0) is 9.59 Å². The SMILES string of the molecule is Cc1cc(/C=N\NC(=O)CC(=O)NC2CCCCC2)c(C)n1-c1ccc(Cl)c(Cl)c1. The fourth-order valence-corrected chi connectivity index (χ4v) is 4.12. The van der Waals surface area contributed by atoms with Gasteiger partial charge in [-0.25, -0.2) is 5.43 Å². The third-order valence-corrected chi connectivity index (χ3v) is 6.05. The number of aryl methyl sites for hydroxylation is 1. The Morgan fingerprint density at radius 1 is 1.10 bits per heavy atom. The van der Waals surface area contributed by atoms with Crippen LogP contribution in [0.25, 0.3) is 5.69 Å². The van der Waals surface area contributed by atoms with E-state index in [1.54, 1.807) is 18.3 Å². The first kappa shape index (κ1) is 22.4. The number of benzene rings is 1. The number of rotatable bonds is 6. The molecular weight excluding hydrogens is 423 g/mol. The molecule has 1 heterocycles. The zero-order valence-electron chi connectivity index (χ0n) is 17.2. The van der Waals surface area contributed by atoms with Gasteiger partial charge in [0.25, 0.3) is 0 Å². The van der Waals surface area contributed by atoms with E-state index in [2.05, 4.69) is 15.8 Å². The number of halogens is 2. The van der Waals surface area contributed by atoms with Crippen LogP contribution in [0.3, 0.4) is 0 Å². The van der Waals surface area contributed by atoms with Gasteiger partial charge in [0.1, 0.15) is 6.42 Å². The molecule has 2 amide bonds. The van der Waals surface area contributed by atoms with Gasteiger partial charge in [0.15, 0.2) is 0 Å². The maximum absolute atomic E-state index is 12.0. The number of nitrogens with one attached hydrogen (secondary N) is 2. The molecule has 2 N–H and O–H groups in total. The molecule has 1 aliphatic rings. The Morgan fingerprint density at radius 2 is 1.83 bits per heavy atom. The standard InChI is InChI=1S/C22H26Cl2N4O2/c1-14-10-16(15(2)28(14)18-8-9-19(23)20(24)11-18)13-25-27-22(30)12-21(29)26-17-6-4-3-5-7-17/h8-11,13,17H,3-7,12H2,1-2H3,(H,26,29)(H,27,30)/b25-13-. The molecule has 1 aliphatic carbocycles. The second-order valence-electron chi connectivity index (χ2n) is 7.63. The highest BCUT2D eigenvalue weighted by Gasteiger charge is 2.17. The van der Waals surface area contributed by atoms with Crippen LogP contribution in [0.5, 0.6) is 0 Å². The van der Waals surface area contributed by atoms with Crippen molar-refractivity contribution in [2.45, 2.75) is 58.4 Å². The lowest BCUT2D eigenvalue weighted by Crippen LogP contribution is -2.38. The second-order valence-corrected chi connectivity index (χ2v) is 8.45. The van der Waals surface area contributed by atoms with E-state index in [0.717, 1.165) is 48.3 Å². The molecular formula is C22H26Cl2N4O2. The molecule has 160 valence electrons. The highest BCUT2D eigenvalue weighted by Crippen LogP contribution is 2.27. The first-order valence-electron chi connectivity index (χ1n) is 10.1. The quantitative estimate of drug-likeness (QED) is 0.382. The molecule has 0 aliphatic heterocycles. The summed E-state index contributed by atoms with van der Waals surface area (Å²) in [5.74, 6) is -0.690. The lowest BCUT2D eigenvalue weighted by Gasteiger charge is -2.22. The Morgan fingerprint density at radius 3 is 2.53 bits per heavy atom. The van der Waals surface area contributed by atoms with E-state index in [-0.39, 0.29) is 18.4 Å². The number of carbonyl (C=O) groups excluding carboxylic acids is 2. The highest BCUT2D eigenvalue weighted by atomic mass is 35.5. The average molecular weight is 449 g/mol. The highest BCUT2D eigenvalue weighted by molar-refractivity contribution is 6.42. The van der Waals surface area contributed by atoms with Crippen molar-refractivity contribution in [2.75, 3.05) is 0 Å². The van der Waals surface area contributed by atoms with E-state index in [9.17, 15) is 9.59 Å². The number of amides is 2. The van der Waals surface area contributed by atoms with Crippen molar-refractivity contribution in [1.29, 1.82) is 0 Å². The summed E-state index contributed by atoms with van der Waals surface area (Å²) < 4.78 is 2.03. The van der Waals surface area contributed by atoms with Gasteiger partial charge in [-0.3, -0.25) is 9.59 Å². The Hall–Kier alpha value is -2.31. The van der Waals surface area contributed by atoms with Crippen LogP contribution in [0, 0.1) is 13.8 Å². The third kappa shape index (κ3) is 5.64. The van der Waals surface area contributed by atoms with Gasteiger partial charge in [-0.2, -0.15) is 5.10 Å². The summed E-state index contributed by atoms with van der Waals surface area (Å²) >= 11 is 12.2. The minimum atomic E-state index is -0.433. The predicted molar refractivity (Wildman–Crippen MR) is 121 cm³/mol. The lowest BCUT2D eigenvalue weighted by molar-refractivity contribution is -0.129. The monoisotopic (exact) mass is 448 g/mol. The van der Waals surface area contributed by atoms with E-state index >= 15 is 0 Å². The number of hydrogen-bond donors (Lipinski definition) is 2. The smallest absolute Gasteiger partial charge is 0.249 e. The number of carbonyl (C=O) groups is 2. The Kier molecular flexibility index (Phi) is 7.56. The molecule has 1 fully saturated rings. The van der Waals surface area contributed by atoms with Crippen molar-refractivity contribution in [3.63, 3.8) is 0 Å². The summed E-state index contributed by atoms with van der Waals surface area (Å²) in [5.41, 5.74) is 6.11. The van der Waals surface area contributed by atoms with Gasteiger partial charge in [-0.1, -0.05) is 42.5 Å². The first-order valence-corrected chi connectivity index (χ1v) is 10.9. The van der Waals surface area contributed by atoms with Crippen LogP contribution in [0.4, 0.5) is 0 Å². The van der Waals surface area contributed by atoms with Crippen LogP contribution in [-0.4, -0.2) is 28.6 Å². The molecule has 0 atom stereocenters. The zero-order valence-corrected chi connectivity index (χ0v) is 18.7. The van der Waals surface area contributed by atoms with Crippen LogP contribution >= 0.6 is 23.2 Å². The van der Waals surface area contributed by atoms with Crippen molar-refractivity contribution < 1.29 is 9.59 Å². The molecule has 0 unspecified atom stereocenters.